The Balaban J connectivity index is 1.84. The maximum absolute atomic E-state index is 11.7. The molecule has 0 radical (unpaired) electrons. The van der Waals surface area contributed by atoms with Gasteiger partial charge in [-0.15, -0.1) is 0 Å². The summed E-state index contributed by atoms with van der Waals surface area (Å²) in [7, 11) is 0. The van der Waals surface area contributed by atoms with Crippen LogP contribution in [0, 0.1) is 0 Å². The standard InChI is InChI=1S/C12H16N2O3/c13-9-2-1-3-11(6-9)17-8-12(16)14-5-4-10(15)7-14/h1-3,6,10,15H,4-5,7-8,13H2/t10-/m1/s1. The van der Waals surface area contributed by atoms with Crippen LogP contribution in [0.3, 0.4) is 0 Å². The molecule has 0 aliphatic carbocycles. The van der Waals surface area contributed by atoms with Gasteiger partial charge in [0.15, 0.2) is 6.61 Å². The van der Waals surface area contributed by atoms with E-state index in [0.717, 1.165) is 0 Å². The molecule has 5 heteroatoms. The van der Waals surface area contributed by atoms with Gasteiger partial charge >= 0.3 is 0 Å². The van der Waals surface area contributed by atoms with Crippen molar-refractivity contribution in [3.63, 3.8) is 0 Å². The number of carbonyl (C=O) groups is 1. The SMILES string of the molecule is Nc1cccc(OCC(=O)N2CC[C@@H](O)C2)c1. The summed E-state index contributed by atoms with van der Waals surface area (Å²) in [6.45, 7) is 0.982. The first-order valence-electron chi connectivity index (χ1n) is 5.59. The number of nitrogens with two attached hydrogens (primary N) is 1. The van der Waals surface area contributed by atoms with Gasteiger partial charge in [0.2, 0.25) is 0 Å². The summed E-state index contributed by atoms with van der Waals surface area (Å²) in [6.07, 6.45) is 0.246. The van der Waals surface area contributed by atoms with Crippen molar-refractivity contribution in [1.29, 1.82) is 0 Å². The molecule has 1 aromatic carbocycles. The Bertz CT molecular complexity index is 408. The summed E-state index contributed by atoms with van der Waals surface area (Å²) in [6, 6.07) is 6.95. The molecular formula is C12H16N2O3. The Morgan fingerprint density at radius 2 is 2.41 bits per heavy atom. The summed E-state index contributed by atoms with van der Waals surface area (Å²) in [5.74, 6) is 0.474. The fourth-order valence-corrected chi connectivity index (χ4v) is 1.81. The minimum absolute atomic E-state index is 0.0177. The molecule has 1 aliphatic heterocycles. The molecule has 1 heterocycles. The molecule has 1 aliphatic rings. The lowest BCUT2D eigenvalue weighted by Gasteiger charge is -2.15. The third-order valence-electron chi connectivity index (χ3n) is 2.74. The largest absolute Gasteiger partial charge is 0.484 e. The number of carbonyl (C=O) groups excluding carboxylic acids is 1. The molecular weight excluding hydrogens is 220 g/mol. The van der Waals surface area contributed by atoms with E-state index in [1.165, 1.54) is 0 Å². The van der Waals surface area contributed by atoms with Crippen molar-refractivity contribution in [1.82, 2.24) is 4.90 Å². The van der Waals surface area contributed by atoms with Crippen LogP contribution in [0.2, 0.25) is 0 Å². The average Bonchev–Trinajstić information content (AvgIpc) is 2.73. The van der Waals surface area contributed by atoms with Gasteiger partial charge < -0.3 is 20.5 Å². The van der Waals surface area contributed by atoms with Gasteiger partial charge in [0.05, 0.1) is 6.10 Å². The van der Waals surface area contributed by atoms with Gasteiger partial charge in [0, 0.05) is 24.8 Å². The van der Waals surface area contributed by atoms with Crippen LogP contribution in [-0.4, -0.2) is 41.7 Å². The smallest absolute Gasteiger partial charge is 0.260 e. The zero-order chi connectivity index (χ0) is 12.3. The van der Waals surface area contributed by atoms with E-state index in [1.807, 2.05) is 0 Å². The van der Waals surface area contributed by atoms with E-state index >= 15 is 0 Å². The van der Waals surface area contributed by atoms with Crippen LogP contribution in [0.15, 0.2) is 24.3 Å². The number of benzene rings is 1. The fourth-order valence-electron chi connectivity index (χ4n) is 1.81. The van der Waals surface area contributed by atoms with Gasteiger partial charge in [0.25, 0.3) is 5.91 Å². The van der Waals surface area contributed by atoms with Crippen molar-refractivity contribution in [2.75, 3.05) is 25.4 Å². The molecule has 1 aromatic rings. The summed E-state index contributed by atoms with van der Waals surface area (Å²) in [4.78, 5) is 13.3. The molecule has 0 spiro atoms. The second-order valence-electron chi connectivity index (χ2n) is 4.14. The number of anilines is 1. The average molecular weight is 236 g/mol. The molecule has 92 valence electrons. The number of β-amino-alcohol motifs (C(OH)–C–C–N with tert-alkyl or cyclic N) is 1. The van der Waals surface area contributed by atoms with Crippen molar-refractivity contribution >= 4 is 11.6 Å². The van der Waals surface area contributed by atoms with Crippen LogP contribution >= 0.6 is 0 Å². The molecule has 1 atom stereocenters. The summed E-state index contributed by atoms with van der Waals surface area (Å²) in [5, 5.41) is 9.32. The number of nitrogen functional groups attached to an aromatic ring is 1. The van der Waals surface area contributed by atoms with E-state index in [9.17, 15) is 9.90 Å². The Kier molecular flexibility index (Phi) is 3.49. The normalized spacial score (nSPS) is 19.4. The number of hydrogen-bond donors (Lipinski definition) is 2. The first kappa shape index (κ1) is 11.7. The molecule has 0 saturated carbocycles. The molecule has 0 bridgehead atoms. The van der Waals surface area contributed by atoms with Crippen LogP contribution in [0.5, 0.6) is 5.75 Å². The summed E-state index contributed by atoms with van der Waals surface area (Å²) < 4.78 is 5.34. The van der Waals surface area contributed by atoms with Crippen molar-refractivity contribution < 1.29 is 14.6 Å². The van der Waals surface area contributed by atoms with E-state index < -0.39 is 6.10 Å². The molecule has 0 aromatic heterocycles. The first-order valence-corrected chi connectivity index (χ1v) is 5.59. The first-order chi connectivity index (χ1) is 8.15. The van der Waals surface area contributed by atoms with Crippen LogP contribution in [-0.2, 0) is 4.79 Å². The van der Waals surface area contributed by atoms with Gasteiger partial charge in [-0.25, -0.2) is 0 Å². The number of ether oxygens (including phenoxy) is 1. The maximum atomic E-state index is 11.7. The molecule has 3 N–H and O–H groups in total. The molecule has 0 unspecified atom stereocenters. The number of aliphatic hydroxyl groups excluding tert-OH is 1. The Morgan fingerprint density at radius 3 is 3.06 bits per heavy atom. The maximum Gasteiger partial charge on any atom is 0.260 e. The third-order valence-corrected chi connectivity index (χ3v) is 2.74. The minimum Gasteiger partial charge on any atom is -0.484 e. The van der Waals surface area contributed by atoms with Crippen molar-refractivity contribution in [3.05, 3.63) is 24.3 Å². The highest BCUT2D eigenvalue weighted by molar-refractivity contribution is 5.78. The van der Waals surface area contributed by atoms with Crippen LogP contribution in [0.25, 0.3) is 0 Å². The van der Waals surface area contributed by atoms with Gasteiger partial charge in [0.1, 0.15) is 5.75 Å². The van der Waals surface area contributed by atoms with E-state index in [2.05, 4.69) is 0 Å². The second-order valence-corrected chi connectivity index (χ2v) is 4.14. The van der Waals surface area contributed by atoms with E-state index in [-0.39, 0.29) is 12.5 Å². The Hall–Kier alpha value is -1.75. The Labute approximate surface area is 99.8 Å². The van der Waals surface area contributed by atoms with Crippen molar-refractivity contribution in [3.8, 4) is 5.75 Å². The molecule has 2 rings (SSSR count). The lowest BCUT2D eigenvalue weighted by molar-refractivity contribution is -0.132. The van der Waals surface area contributed by atoms with Crippen molar-refractivity contribution in [2.45, 2.75) is 12.5 Å². The third kappa shape index (κ3) is 3.10. The Morgan fingerprint density at radius 1 is 1.59 bits per heavy atom. The lowest BCUT2D eigenvalue weighted by Crippen LogP contribution is -2.33. The number of likely N-dealkylation sites (tertiary alicyclic amines) is 1. The highest BCUT2D eigenvalue weighted by Crippen LogP contribution is 2.15. The number of amides is 1. The molecule has 1 saturated heterocycles. The van der Waals surface area contributed by atoms with Gasteiger partial charge in [-0.1, -0.05) is 6.07 Å². The zero-order valence-electron chi connectivity index (χ0n) is 9.50. The van der Waals surface area contributed by atoms with Crippen LogP contribution < -0.4 is 10.5 Å². The monoisotopic (exact) mass is 236 g/mol. The quantitative estimate of drug-likeness (QED) is 0.737. The predicted molar refractivity (Wildman–Crippen MR) is 63.6 cm³/mol. The van der Waals surface area contributed by atoms with Gasteiger partial charge in [-0.05, 0) is 18.6 Å². The van der Waals surface area contributed by atoms with Gasteiger partial charge in [-0.2, -0.15) is 0 Å². The lowest BCUT2D eigenvalue weighted by atomic mass is 10.3. The predicted octanol–water partition coefficient (Wildman–Crippen LogP) is 0.241. The number of rotatable bonds is 3. The number of aliphatic hydroxyl groups is 1. The molecule has 1 amide bonds. The number of hydrogen-bond acceptors (Lipinski definition) is 4. The molecule has 1 fully saturated rings. The van der Waals surface area contributed by atoms with Crippen LogP contribution in [0.4, 0.5) is 5.69 Å². The second kappa shape index (κ2) is 5.05. The number of nitrogens with zero attached hydrogens (tertiary/aromatic N) is 1. The minimum atomic E-state index is -0.397. The van der Waals surface area contributed by atoms with Crippen LogP contribution in [0.1, 0.15) is 6.42 Å². The van der Waals surface area contributed by atoms with E-state index in [0.29, 0.717) is 30.9 Å². The topological polar surface area (TPSA) is 75.8 Å². The molecule has 5 nitrogen and oxygen atoms in total. The van der Waals surface area contributed by atoms with E-state index in [1.54, 1.807) is 29.2 Å². The summed E-state index contributed by atoms with van der Waals surface area (Å²) in [5.41, 5.74) is 6.20. The van der Waals surface area contributed by atoms with Gasteiger partial charge in [-0.3, -0.25) is 4.79 Å². The molecule has 17 heavy (non-hydrogen) atoms. The summed E-state index contributed by atoms with van der Waals surface area (Å²) >= 11 is 0. The van der Waals surface area contributed by atoms with Crippen molar-refractivity contribution in [2.24, 2.45) is 0 Å². The fraction of sp³-hybridized carbons (Fsp3) is 0.417. The zero-order valence-corrected chi connectivity index (χ0v) is 9.50. The highest BCUT2D eigenvalue weighted by atomic mass is 16.5. The highest BCUT2D eigenvalue weighted by Gasteiger charge is 2.24. The van der Waals surface area contributed by atoms with E-state index in [4.69, 9.17) is 10.5 Å².